The van der Waals surface area contributed by atoms with E-state index in [1.165, 1.54) is 11.8 Å². The third kappa shape index (κ3) is 3.81. The van der Waals surface area contributed by atoms with E-state index in [0.29, 0.717) is 28.0 Å². The zero-order valence-electron chi connectivity index (χ0n) is 14.0. The maximum Gasteiger partial charge on any atom is 0.257 e. The fourth-order valence-electron chi connectivity index (χ4n) is 2.76. The van der Waals surface area contributed by atoms with Crippen molar-refractivity contribution in [3.8, 4) is 18.1 Å². The van der Waals surface area contributed by atoms with E-state index in [1.807, 2.05) is 12.1 Å². The van der Waals surface area contributed by atoms with Gasteiger partial charge < -0.3 is 15.0 Å². The Kier molecular flexibility index (Phi) is 5.44. The topological polar surface area (TPSA) is 84.1 Å². The molecule has 132 valence electrons. The van der Waals surface area contributed by atoms with Crippen LogP contribution in [-0.2, 0) is 4.79 Å². The molecule has 1 aliphatic rings. The maximum absolute atomic E-state index is 12.6. The maximum atomic E-state index is 12.6. The second kappa shape index (κ2) is 7.93. The zero-order chi connectivity index (χ0) is 18.5. The molecule has 0 aliphatic carbocycles. The average Bonchev–Trinajstić information content (AvgIpc) is 2.64. The standard InChI is InChI=1S/C19H17N3O3S/c1-3-9-25-13-7-5-12(6-8-13)14-11-15(23)20-17-16(14)18(24)22-19(21-17)26-10-4-2/h1,4-8,14H,2,9-11H2,(H2,20,21,22,23,24)/t14-/m1/s1. The number of carbonyl (C=O) groups is 1. The number of carbonyl (C=O) groups excluding carboxylic acids is 1. The van der Waals surface area contributed by atoms with Crippen LogP contribution >= 0.6 is 11.8 Å². The molecule has 7 heteroatoms. The number of aromatic nitrogens is 2. The lowest BCUT2D eigenvalue weighted by molar-refractivity contribution is -0.116. The van der Waals surface area contributed by atoms with E-state index in [4.69, 9.17) is 11.2 Å². The molecule has 0 saturated heterocycles. The Morgan fingerprint density at radius 1 is 1.38 bits per heavy atom. The van der Waals surface area contributed by atoms with Crippen molar-refractivity contribution in [1.29, 1.82) is 0 Å². The van der Waals surface area contributed by atoms with Crippen molar-refractivity contribution < 1.29 is 9.53 Å². The van der Waals surface area contributed by atoms with Crippen molar-refractivity contribution in [2.45, 2.75) is 17.5 Å². The molecular weight excluding hydrogens is 350 g/mol. The van der Waals surface area contributed by atoms with E-state index >= 15 is 0 Å². The Hall–Kier alpha value is -2.98. The first-order valence-electron chi connectivity index (χ1n) is 7.96. The van der Waals surface area contributed by atoms with E-state index in [-0.39, 0.29) is 30.4 Å². The highest BCUT2D eigenvalue weighted by molar-refractivity contribution is 7.99. The summed E-state index contributed by atoms with van der Waals surface area (Å²) in [4.78, 5) is 31.9. The highest BCUT2D eigenvalue weighted by Gasteiger charge is 2.30. The van der Waals surface area contributed by atoms with Crippen LogP contribution < -0.4 is 15.6 Å². The molecule has 2 heterocycles. The number of H-pyrrole nitrogens is 1. The van der Waals surface area contributed by atoms with Crippen molar-refractivity contribution >= 4 is 23.5 Å². The van der Waals surface area contributed by atoms with Gasteiger partial charge in [-0.25, -0.2) is 4.98 Å². The van der Waals surface area contributed by atoms with Crippen LogP contribution in [0, 0.1) is 12.3 Å². The third-order valence-corrected chi connectivity index (χ3v) is 4.74. The predicted octanol–water partition coefficient (Wildman–Crippen LogP) is 2.53. The van der Waals surface area contributed by atoms with Crippen LogP contribution in [0.25, 0.3) is 0 Å². The second-order valence-corrected chi connectivity index (χ2v) is 6.61. The first-order valence-corrected chi connectivity index (χ1v) is 8.95. The highest BCUT2D eigenvalue weighted by Crippen LogP contribution is 2.35. The lowest BCUT2D eigenvalue weighted by Gasteiger charge is -2.24. The summed E-state index contributed by atoms with van der Waals surface area (Å²) in [7, 11) is 0. The molecule has 1 aliphatic heterocycles. The van der Waals surface area contributed by atoms with Crippen LogP contribution in [-0.4, -0.2) is 28.2 Å². The van der Waals surface area contributed by atoms with Gasteiger partial charge in [-0.05, 0) is 17.7 Å². The number of benzene rings is 1. The van der Waals surface area contributed by atoms with Gasteiger partial charge in [0, 0.05) is 18.1 Å². The van der Waals surface area contributed by atoms with Gasteiger partial charge in [0.1, 0.15) is 18.2 Å². The van der Waals surface area contributed by atoms with Crippen molar-refractivity contribution in [1.82, 2.24) is 9.97 Å². The molecule has 2 aromatic rings. The van der Waals surface area contributed by atoms with Crippen molar-refractivity contribution in [3.63, 3.8) is 0 Å². The number of terminal acetylenes is 1. The molecule has 1 aromatic carbocycles. The molecule has 26 heavy (non-hydrogen) atoms. The quantitative estimate of drug-likeness (QED) is 0.355. The Morgan fingerprint density at radius 2 is 2.15 bits per heavy atom. The molecule has 0 saturated carbocycles. The van der Waals surface area contributed by atoms with Gasteiger partial charge in [-0.2, -0.15) is 0 Å². The summed E-state index contributed by atoms with van der Waals surface area (Å²) in [5, 5.41) is 3.15. The fourth-order valence-corrected chi connectivity index (χ4v) is 3.36. The van der Waals surface area contributed by atoms with Gasteiger partial charge in [0.25, 0.3) is 5.56 Å². The number of aromatic amines is 1. The average molecular weight is 367 g/mol. The van der Waals surface area contributed by atoms with E-state index in [1.54, 1.807) is 18.2 Å². The van der Waals surface area contributed by atoms with Crippen molar-refractivity contribution in [3.05, 3.63) is 58.4 Å². The lowest BCUT2D eigenvalue weighted by atomic mass is 9.87. The highest BCUT2D eigenvalue weighted by atomic mass is 32.2. The van der Waals surface area contributed by atoms with E-state index in [0.717, 1.165) is 5.56 Å². The van der Waals surface area contributed by atoms with Crippen molar-refractivity contribution in [2.75, 3.05) is 17.7 Å². The number of thioether (sulfide) groups is 1. The Labute approximate surface area is 155 Å². The first kappa shape index (κ1) is 17.8. The molecule has 3 rings (SSSR count). The third-order valence-electron chi connectivity index (χ3n) is 3.87. The van der Waals surface area contributed by atoms with Crippen LogP contribution in [0.1, 0.15) is 23.5 Å². The molecule has 2 N–H and O–H groups in total. The van der Waals surface area contributed by atoms with Gasteiger partial charge in [-0.1, -0.05) is 35.9 Å². The molecule has 0 spiro atoms. The van der Waals surface area contributed by atoms with Crippen LogP contribution in [0.5, 0.6) is 5.75 Å². The SMILES string of the molecule is C#CCOc1ccc([C@H]2CC(=O)Nc3nc(SCC=C)[nH]c(=O)c32)cc1. The number of anilines is 1. The summed E-state index contributed by atoms with van der Waals surface area (Å²) in [6.07, 6.45) is 7.08. The normalized spacial score (nSPS) is 15.5. The van der Waals surface area contributed by atoms with Crippen molar-refractivity contribution in [2.24, 2.45) is 0 Å². The minimum atomic E-state index is -0.366. The number of rotatable bonds is 6. The fraction of sp³-hybridized carbons (Fsp3) is 0.211. The molecule has 1 amide bonds. The summed E-state index contributed by atoms with van der Waals surface area (Å²) in [5.74, 6) is 3.42. The van der Waals surface area contributed by atoms with Crippen LogP contribution in [0.4, 0.5) is 5.82 Å². The summed E-state index contributed by atoms with van der Waals surface area (Å²) in [5.41, 5.74) is 1.05. The Bertz CT molecular complexity index is 929. The monoisotopic (exact) mass is 367 g/mol. The number of nitrogens with one attached hydrogen (secondary N) is 2. The molecule has 0 unspecified atom stereocenters. The van der Waals surface area contributed by atoms with Crippen LogP contribution in [0.3, 0.4) is 0 Å². The van der Waals surface area contributed by atoms with E-state index < -0.39 is 0 Å². The number of nitrogens with zero attached hydrogens (tertiary/aromatic N) is 1. The largest absolute Gasteiger partial charge is 0.481 e. The molecule has 1 aromatic heterocycles. The molecule has 0 bridgehead atoms. The summed E-state index contributed by atoms with van der Waals surface area (Å²) >= 11 is 1.35. The first-order chi connectivity index (χ1) is 12.6. The van der Waals surface area contributed by atoms with Gasteiger partial charge in [-0.15, -0.1) is 13.0 Å². The van der Waals surface area contributed by atoms with Gasteiger partial charge in [0.15, 0.2) is 5.16 Å². The second-order valence-electron chi connectivity index (χ2n) is 5.60. The summed E-state index contributed by atoms with van der Waals surface area (Å²) in [6, 6.07) is 7.21. The number of amides is 1. The number of hydrogen-bond donors (Lipinski definition) is 2. The molecular formula is C19H17N3O3S. The zero-order valence-corrected chi connectivity index (χ0v) is 14.8. The smallest absolute Gasteiger partial charge is 0.257 e. The Balaban J connectivity index is 1.95. The lowest BCUT2D eigenvalue weighted by Crippen LogP contribution is -2.31. The predicted molar refractivity (Wildman–Crippen MR) is 102 cm³/mol. The Morgan fingerprint density at radius 3 is 2.85 bits per heavy atom. The van der Waals surface area contributed by atoms with Gasteiger partial charge in [0.05, 0.1) is 5.56 Å². The minimum absolute atomic E-state index is 0.173. The van der Waals surface area contributed by atoms with Gasteiger partial charge in [0.2, 0.25) is 5.91 Å². The van der Waals surface area contributed by atoms with Gasteiger partial charge in [-0.3, -0.25) is 9.59 Å². The minimum Gasteiger partial charge on any atom is -0.481 e. The van der Waals surface area contributed by atoms with Gasteiger partial charge >= 0.3 is 0 Å². The summed E-state index contributed by atoms with van der Waals surface area (Å²) < 4.78 is 5.36. The number of hydrogen-bond acceptors (Lipinski definition) is 5. The van der Waals surface area contributed by atoms with Crippen LogP contribution in [0.15, 0.2) is 46.9 Å². The van der Waals surface area contributed by atoms with E-state index in [2.05, 4.69) is 27.8 Å². The van der Waals surface area contributed by atoms with Crippen LogP contribution in [0.2, 0.25) is 0 Å². The molecule has 1 atom stereocenters. The molecule has 0 fully saturated rings. The number of fused-ring (bicyclic) bond motifs is 1. The number of ether oxygens (including phenoxy) is 1. The summed E-state index contributed by atoms with van der Waals surface area (Å²) in [6.45, 7) is 3.83. The molecule has 6 nitrogen and oxygen atoms in total. The van der Waals surface area contributed by atoms with E-state index in [9.17, 15) is 9.59 Å². The molecule has 0 radical (unpaired) electrons.